The SMILES string of the molecule is CCC(C)C(=O)OC12C(F)C3(F)CC(F)(C(F)C(F)(C3F)C1F)C2F. The summed E-state index contributed by atoms with van der Waals surface area (Å²) in [6.07, 6.45) is -20.2. The lowest BCUT2D eigenvalue weighted by atomic mass is 9.46. The fourth-order valence-electron chi connectivity index (χ4n) is 4.23. The lowest BCUT2D eigenvalue weighted by molar-refractivity contribution is -0.382. The highest BCUT2D eigenvalue weighted by Gasteiger charge is 2.94. The largest absolute Gasteiger partial charge is 0.449 e. The molecular formula is C15H16F8O2. The number of carbonyl (C=O) groups excluding carboxylic acids is 1. The van der Waals surface area contributed by atoms with Gasteiger partial charge in [-0.3, -0.25) is 4.79 Å². The van der Waals surface area contributed by atoms with E-state index in [1.165, 1.54) is 13.8 Å². The molecule has 8 atom stereocenters. The van der Waals surface area contributed by atoms with E-state index in [9.17, 15) is 39.9 Å². The van der Waals surface area contributed by atoms with Crippen LogP contribution < -0.4 is 0 Å². The van der Waals surface area contributed by atoms with Crippen LogP contribution in [0.4, 0.5) is 35.1 Å². The van der Waals surface area contributed by atoms with Crippen LogP contribution in [0.25, 0.3) is 0 Å². The molecule has 4 aliphatic rings. The summed E-state index contributed by atoms with van der Waals surface area (Å²) in [7, 11) is 0. The van der Waals surface area contributed by atoms with E-state index in [-0.39, 0.29) is 6.42 Å². The Morgan fingerprint density at radius 3 is 1.80 bits per heavy atom. The molecule has 0 N–H and O–H groups in total. The minimum absolute atomic E-state index is 0.0551. The first-order valence-electron chi connectivity index (χ1n) is 7.85. The summed E-state index contributed by atoms with van der Waals surface area (Å²) in [6.45, 7) is 2.67. The van der Waals surface area contributed by atoms with Crippen LogP contribution in [0.2, 0.25) is 0 Å². The van der Waals surface area contributed by atoms with Gasteiger partial charge in [-0.15, -0.1) is 0 Å². The topological polar surface area (TPSA) is 26.3 Å². The van der Waals surface area contributed by atoms with E-state index in [1.807, 2.05) is 0 Å². The number of carbonyl (C=O) groups is 1. The molecule has 0 aliphatic heterocycles. The molecule has 0 saturated heterocycles. The maximum atomic E-state index is 14.8. The van der Waals surface area contributed by atoms with Crippen molar-refractivity contribution in [2.45, 2.75) is 80.2 Å². The molecule has 10 heteroatoms. The first-order valence-corrected chi connectivity index (χ1v) is 7.85. The third kappa shape index (κ3) is 1.74. The van der Waals surface area contributed by atoms with Crippen molar-refractivity contribution < 1.29 is 44.7 Å². The van der Waals surface area contributed by atoms with Gasteiger partial charge >= 0.3 is 5.97 Å². The number of esters is 1. The van der Waals surface area contributed by atoms with E-state index in [0.29, 0.717) is 0 Å². The van der Waals surface area contributed by atoms with E-state index < -0.39 is 71.8 Å². The highest BCUT2D eigenvalue weighted by molar-refractivity contribution is 5.73. The summed E-state index contributed by atoms with van der Waals surface area (Å²) in [5, 5.41) is 0. The van der Waals surface area contributed by atoms with Gasteiger partial charge in [-0.2, -0.15) is 0 Å². The molecule has 8 unspecified atom stereocenters. The van der Waals surface area contributed by atoms with Crippen molar-refractivity contribution in [1.29, 1.82) is 0 Å². The Hall–Kier alpha value is -1.09. The lowest BCUT2D eigenvalue weighted by Gasteiger charge is -2.67. The maximum absolute atomic E-state index is 14.8. The van der Waals surface area contributed by atoms with Crippen molar-refractivity contribution in [2.75, 3.05) is 0 Å². The minimum atomic E-state index is -4.51. The van der Waals surface area contributed by atoms with E-state index in [2.05, 4.69) is 4.74 Å². The third-order valence-corrected chi connectivity index (χ3v) is 5.87. The molecule has 0 aromatic rings. The average molecular weight is 380 g/mol. The van der Waals surface area contributed by atoms with Gasteiger partial charge in [-0.05, 0) is 6.42 Å². The second-order valence-electron chi connectivity index (χ2n) is 7.25. The number of rotatable bonds is 3. The Bertz CT molecular complexity index is 574. The molecule has 0 heterocycles. The summed E-state index contributed by atoms with van der Waals surface area (Å²) >= 11 is 0. The van der Waals surface area contributed by atoms with Crippen LogP contribution in [0, 0.1) is 5.92 Å². The summed E-state index contributed by atoms with van der Waals surface area (Å²) in [4.78, 5) is 11.9. The Morgan fingerprint density at radius 1 is 0.960 bits per heavy atom. The van der Waals surface area contributed by atoms with Crippen molar-refractivity contribution >= 4 is 5.97 Å². The Labute approximate surface area is 137 Å². The normalized spacial score (nSPS) is 58.2. The predicted molar refractivity (Wildman–Crippen MR) is 68.9 cm³/mol. The van der Waals surface area contributed by atoms with Gasteiger partial charge in [0.2, 0.25) is 11.3 Å². The van der Waals surface area contributed by atoms with Gasteiger partial charge in [0.25, 0.3) is 0 Å². The summed E-state index contributed by atoms with van der Waals surface area (Å²) in [6, 6.07) is 0. The van der Waals surface area contributed by atoms with Crippen LogP contribution in [-0.2, 0) is 9.53 Å². The van der Waals surface area contributed by atoms with Crippen LogP contribution >= 0.6 is 0 Å². The maximum Gasteiger partial charge on any atom is 0.309 e. The molecule has 0 aromatic heterocycles. The van der Waals surface area contributed by atoms with Crippen molar-refractivity contribution in [3.63, 3.8) is 0 Å². The number of ether oxygens (including phenoxy) is 1. The first-order chi connectivity index (χ1) is 11.3. The van der Waals surface area contributed by atoms with E-state index in [4.69, 9.17) is 0 Å². The number of halogens is 8. The third-order valence-electron chi connectivity index (χ3n) is 5.87. The molecule has 144 valence electrons. The lowest BCUT2D eigenvalue weighted by Crippen LogP contribution is -2.93. The zero-order valence-corrected chi connectivity index (χ0v) is 13.2. The molecule has 4 rings (SSSR count). The van der Waals surface area contributed by atoms with E-state index in [1.54, 1.807) is 0 Å². The van der Waals surface area contributed by atoms with Crippen LogP contribution in [-0.4, -0.2) is 59.4 Å². The molecule has 4 bridgehead atoms. The molecule has 2 nitrogen and oxygen atoms in total. The fraction of sp³-hybridized carbons (Fsp3) is 0.933. The minimum Gasteiger partial charge on any atom is -0.449 e. The standard InChI is InChI=1S/C15H16F8O2/c1-3-5(2)6(24)25-15-9(18)12(21)4-13(22,10(15)19)8(17)14(23,7(12)16)11(15)20/h5,7-11H,3-4H2,1-2H3. The first kappa shape index (κ1) is 18.7. The zero-order chi connectivity index (χ0) is 19.2. The summed E-state index contributed by atoms with van der Waals surface area (Å²) in [5.41, 5.74) is -16.6. The van der Waals surface area contributed by atoms with Gasteiger partial charge in [0.15, 0.2) is 42.2 Å². The Morgan fingerprint density at radius 2 is 1.40 bits per heavy atom. The quantitative estimate of drug-likeness (QED) is 0.553. The van der Waals surface area contributed by atoms with Crippen molar-refractivity contribution in [2.24, 2.45) is 5.92 Å². The molecule has 0 spiro atoms. The summed E-state index contributed by atoms with van der Waals surface area (Å²) < 4.78 is 121. The Kier molecular flexibility index (Phi) is 3.74. The zero-order valence-electron chi connectivity index (χ0n) is 13.2. The predicted octanol–water partition coefficient (Wildman–Crippen LogP) is 3.56. The van der Waals surface area contributed by atoms with Crippen LogP contribution in [0.3, 0.4) is 0 Å². The number of alkyl halides is 8. The average Bonchev–Trinajstić information content (AvgIpc) is 2.58. The molecule has 4 aliphatic carbocycles. The van der Waals surface area contributed by atoms with E-state index >= 15 is 0 Å². The smallest absolute Gasteiger partial charge is 0.309 e. The van der Waals surface area contributed by atoms with Gasteiger partial charge in [0.05, 0.1) is 5.92 Å². The van der Waals surface area contributed by atoms with Gasteiger partial charge in [-0.25, -0.2) is 35.1 Å². The summed E-state index contributed by atoms with van der Waals surface area (Å²) in [5.74, 6) is -2.51. The van der Waals surface area contributed by atoms with Crippen LogP contribution in [0.5, 0.6) is 0 Å². The molecule has 4 saturated carbocycles. The monoisotopic (exact) mass is 380 g/mol. The molecule has 0 aromatic carbocycles. The highest BCUT2D eigenvalue weighted by atomic mass is 19.2. The highest BCUT2D eigenvalue weighted by Crippen LogP contribution is 2.69. The molecule has 25 heavy (non-hydrogen) atoms. The fourth-order valence-corrected chi connectivity index (χ4v) is 4.23. The number of hydrogen-bond donors (Lipinski definition) is 0. The second kappa shape index (κ2) is 5.00. The molecule has 4 fully saturated rings. The van der Waals surface area contributed by atoms with E-state index in [0.717, 1.165) is 0 Å². The van der Waals surface area contributed by atoms with Crippen molar-refractivity contribution in [3.8, 4) is 0 Å². The van der Waals surface area contributed by atoms with Crippen molar-refractivity contribution in [1.82, 2.24) is 0 Å². The van der Waals surface area contributed by atoms with Gasteiger partial charge < -0.3 is 4.74 Å². The molecule has 0 amide bonds. The molecular weight excluding hydrogens is 364 g/mol. The Balaban J connectivity index is 2.19. The van der Waals surface area contributed by atoms with Gasteiger partial charge in [-0.1, -0.05) is 13.8 Å². The number of hydrogen-bond acceptors (Lipinski definition) is 2. The van der Waals surface area contributed by atoms with Gasteiger partial charge in [0, 0.05) is 6.42 Å². The van der Waals surface area contributed by atoms with Crippen LogP contribution in [0.15, 0.2) is 0 Å². The van der Waals surface area contributed by atoms with Crippen LogP contribution in [0.1, 0.15) is 26.7 Å². The second-order valence-corrected chi connectivity index (χ2v) is 7.25. The van der Waals surface area contributed by atoms with Crippen molar-refractivity contribution in [3.05, 3.63) is 0 Å². The molecule has 0 radical (unpaired) electrons. The van der Waals surface area contributed by atoms with Gasteiger partial charge in [0.1, 0.15) is 0 Å².